The van der Waals surface area contributed by atoms with E-state index in [1.807, 2.05) is 24.3 Å². The number of furan rings is 1. The van der Waals surface area contributed by atoms with Crippen LogP contribution in [0.15, 0.2) is 59.3 Å². The van der Waals surface area contributed by atoms with Crippen molar-refractivity contribution in [2.75, 3.05) is 6.61 Å². The maximum atomic E-state index is 14.9. The van der Waals surface area contributed by atoms with E-state index in [1.165, 1.54) is 18.0 Å². The number of benzene rings is 2. The molecule has 1 saturated carbocycles. The highest BCUT2D eigenvalue weighted by atomic mass is 19.1. The topological polar surface area (TPSA) is 94.7 Å². The molecule has 1 aliphatic rings. The Morgan fingerprint density at radius 3 is 2.64 bits per heavy atom. The van der Waals surface area contributed by atoms with Crippen LogP contribution in [0.1, 0.15) is 38.2 Å². The molecule has 0 amide bonds. The minimum Gasteiger partial charge on any atom is -0.480 e. The normalized spacial score (nSPS) is 17.8. The van der Waals surface area contributed by atoms with Crippen molar-refractivity contribution in [3.63, 3.8) is 0 Å². The monoisotopic (exact) mass is 490 g/mol. The van der Waals surface area contributed by atoms with E-state index in [-0.39, 0.29) is 18.8 Å². The number of carbonyl (C=O) groups is 1. The number of aryl methyl sites for hydroxylation is 1. The lowest BCUT2D eigenvalue weighted by atomic mass is 9.94. The van der Waals surface area contributed by atoms with Crippen molar-refractivity contribution in [1.82, 2.24) is 9.97 Å². The molecule has 0 spiro atoms. The van der Waals surface area contributed by atoms with Crippen molar-refractivity contribution >= 4 is 17.1 Å². The first kappa shape index (κ1) is 23.9. The molecule has 2 heterocycles. The molecule has 1 fully saturated rings. The van der Waals surface area contributed by atoms with E-state index >= 15 is 0 Å². The highest BCUT2D eigenvalue weighted by molar-refractivity contribution is 6.03. The predicted molar refractivity (Wildman–Crippen MR) is 132 cm³/mol. The number of ether oxygens (including phenoxy) is 2. The molecule has 7 nitrogen and oxygen atoms in total. The maximum Gasteiger partial charge on any atom is 0.329 e. The third-order valence-corrected chi connectivity index (χ3v) is 6.52. The van der Waals surface area contributed by atoms with Gasteiger partial charge in [0, 0.05) is 12.0 Å². The number of carboxylic acid groups (broad SMARTS) is 1. The van der Waals surface area contributed by atoms with Crippen LogP contribution in [0.2, 0.25) is 0 Å². The Labute approximate surface area is 207 Å². The first-order valence-electron chi connectivity index (χ1n) is 12.1. The van der Waals surface area contributed by atoms with Crippen LogP contribution in [-0.2, 0) is 16.0 Å². The number of fused-ring (bicyclic) bond motifs is 1. The summed E-state index contributed by atoms with van der Waals surface area (Å²) >= 11 is 0. The lowest BCUT2D eigenvalue weighted by molar-refractivity contribution is -0.145. The quantitative estimate of drug-likeness (QED) is 0.321. The van der Waals surface area contributed by atoms with Gasteiger partial charge in [0.05, 0.1) is 11.7 Å². The minimum atomic E-state index is -0.992. The van der Waals surface area contributed by atoms with Crippen LogP contribution in [0.25, 0.3) is 33.6 Å². The summed E-state index contributed by atoms with van der Waals surface area (Å²) in [5.74, 6) is -0.675. The first-order valence-corrected chi connectivity index (χ1v) is 12.1. The number of nitrogens with zero attached hydrogens (tertiary/aromatic N) is 2. The van der Waals surface area contributed by atoms with E-state index in [9.17, 15) is 9.18 Å². The molecule has 0 aliphatic heterocycles. The minimum absolute atomic E-state index is 0.198. The fourth-order valence-corrected chi connectivity index (χ4v) is 4.72. The SMILES string of the molecule is CCc1ccc(-c2c(-c3ccccc3F)oc3ncnc(OC4CCCC(OCC(=O)O)C4)c23)cc1. The van der Waals surface area contributed by atoms with Gasteiger partial charge in [-0.05, 0) is 48.9 Å². The number of aromatic nitrogens is 2. The number of carboxylic acids is 1. The molecule has 5 rings (SSSR count). The van der Waals surface area contributed by atoms with Crippen LogP contribution >= 0.6 is 0 Å². The Hall–Kier alpha value is -3.78. The molecular weight excluding hydrogens is 463 g/mol. The summed E-state index contributed by atoms with van der Waals surface area (Å²) in [4.78, 5) is 19.7. The van der Waals surface area contributed by atoms with Crippen LogP contribution in [0, 0.1) is 5.82 Å². The molecule has 1 aliphatic carbocycles. The van der Waals surface area contributed by atoms with Gasteiger partial charge in [-0.3, -0.25) is 0 Å². The number of hydrogen-bond acceptors (Lipinski definition) is 6. The zero-order chi connectivity index (χ0) is 25.1. The molecule has 4 aromatic rings. The van der Waals surface area contributed by atoms with E-state index in [4.69, 9.17) is 19.0 Å². The van der Waals surface area contributed by atoms with E-state index < -0.39 is 11.8 Å². The molecule has 1 N–H and O–H groups in total. The Bertz CT molecular complexity index is 1370. The molecule has 0 saturated heterocycles. The Morgan fingerprint density at radius 1 is 1.11 bits per heavy atom. The number of halogens is 1. The lowest BCUT2D eigenvalue weighted by Crippen LogP contribution is -2.31. The molecule has 36 heavy (non-hydrogen) atoms. The number of rotatable bonds is 8. The van der Waals surface area contributed by atoms with Gasteiger partial charge in [0.15, 0.2) is 0 Å². The molecule has 186 valence electrons. The summed E-state index contributed by atoms with van der Waals surface area (Å²) in [7, 11) is 0. The van der Waals surface area contributed by atoms with Crippen LogP contribution in [0.4, 0.5) is 4.39 Å². The molecule has 2 aromatic heterocycles. The van der Waals surface area contributed by atoms with Crippen molar-refractivity contribution in [1.29, 1.82) is 0 Å². The van der Waals surface area contributed by atoms with Gasteiger partial charge in [-0.15, -0.1) is 0 Å². The fraction of sp³-hybridized carbons (Fsp3) is 0.321. The second kappa shape index (κ2) is 10.5. The number of aliphatic carboxylic acids is 1. The third-order valence-electron chi connectivity index (χ3n) is 6.52. The highest BCUT2D eigenvalue weighted by Gasteiger charge is 2.29. The standard InChI is InChI=1S/C28H27FN2O5/c1-2-17-10-12-18(13-11-17)24-25-27(35-20-7-5-6-19(14-20)34-15-23(32)33)30-16-31-28(25)36-26(24)21-8-3-4-9-22(21)29/h3-4,8-13,16,19-20H,2,5-7,14-15H2,1H3,(H,32,33). The zero-order valence-corrected chi connectivity index (χ0v) is 19.9. The average Bonchev–Trinajstić information content (AvgIpc) is 3.28. The van der Waals surface area contributed by atoms with Crippen molar-refractivity contribution in [3.05, 3.63) is 66.2 Å². The molecule has 0 radical (unpaired) electrons. The van der Waals surface area contributed by atoms with E-state index in [2.05, 4.69) is 16.9 Å². The second-order valence-corrected chi connectivity index (χ2v) is 8.93. The van der Waals surface area contributed by atoms with Crippen molar-refractivity contribution in [3.8, 4) is 28.3 Å². The molecular formula is C28H27FN2O5. The largest absolute Gasteiger partial charge is 0.480 e. The number of hydrogen-bond donors (Lipinski definition) is 1. The molecule has 8 heteroatoms. The van der Waals surface area contributed by atoms with Gasteiger partial charge in [-0.25, -0.2) is 19.2 Å². The van der Waals surface area contributed by atoms with Crippen LogP contribution in [0.3, 0.4) is 0 Å². The molecule has 0 bridgehead atoms. The highest BCUT2D eigenvalue weighted by Crippen LogP contribution is 2.44. The summed E-state index contributed by atoms with van der Waals surface area (Å²) in [5, 5.41) is 9.52. The van der Waals surface area contributed by atoms with Gasteiger partial charge in [-0.2, -0.15) is 0 Å². The van der Waals surface area contributed by atoms with E-state index in [1.54, 1.807) is 18.2 Å². The van der Waals surface area contributed by atoms with Gasteiger partial charge < -0.3 is 19.0 Å². The van der Waals surface area contributed by atoms with Crippen molar-refractivity contribution in [2.24, 2.45) is 0 Å². The summed E-state index contributed by atoms with van der Waals surface area (Å²) < 4.78 is 32.9. The van der Waals surface area contributed by atoms with Gasteiger partial charge in [0.2, 0.25) is 11.6 Å². The Balaban J connectivity index is 1.58. The summed E-state index contributed by atoms with van der Waals surface area (Å²) in [6.07, 6.45) is 4.84. The average molecular weight is 491 g/mol. The van der Waals surface area contributed by atoms with Crippen molar-refractivity contribution < 1.29 is 28.2 Å². The van der Waals surface area contributed by atoms with Crippen LogP contribution in [-0.4, -0.2) is 39.9 Å². The molecule has 2 unspecified atom stereocenters. The Kier molecular flexibility index (Phi) is 6.95. The smallest absolute Gasteiger partial charge is 0.329 e. The van der Waals surface area contributed by atoms with E-state index in [0.29, 0.717) is 40.3 Å². The van der Waals surface area contributed by atoms with Gasteiger partial charge >= 0.3 is 5.97 Å². The van der Waals surface area contributed by atoms with Gasteiger partial charge in [-0.1, -0.05) is 43.3 Å². The summed E-state index contributed by atoms with van der Waals surface area (Å²) in [5.41, 5.74) is 3.33. The lowest BCUT2D eigenvalue weighted by Gasteiger charge is -2.29. The van der Waals surface area contributed by atoms with Crippen LogP contribution in [0.5, 0.6) is 5.88 Å². The Morgan fingerprint density at radius 2 is 1.89 bits per heavy atom. The zero-order valence-electron chi connectivity index (χ0n) is 19.9. The summed E-state index contributed by atoms with van der Waals surface area (Å²) in [6.45, 7) is 1.76. The second-order valence-electron chi connectivity index (χ2n) is 8.93. The first-order chi connectivity index (χ1) is 17.5. The third kappa shape index (κ3) is 4.95. The fourth-order valence-electron chi connectivity index (χ4n) is 4.72. The van der Waals surface area contributed by atoms with Crippen LogP contribution < -0.4 is 4.74 Å². The predicted octanol–water partition coefficient (Wildman–Crippen LogP) is 6.05. The van der Waals surface area contributed by atoms with Gasteiger partial charge in [0.25, 0.3) is 0 Å². The molecule has 2 atom stereocenters. The maximum absolute atomic E-state index is 14.9. The van der Waals surface area contributed by atoms with Crippen molar-refractivity contribution in [2.45, 2.75) is 51.2 Å². The molecule has 2 aromatic carbocycles. The summed E-state index contributed by atoms with van der Waals surface area (Å²) in [6, 6.07) is 14.5. The van der Waals surface area contributed by atoms with Gasteiger partial charge in [0.1, 0.15) is 36.0 Å². The van der Waals surface area contributed by atoms with E-state index in [0.717, 1.165) is 31.2 Å².